The molecule has 2 heterocycles. The predicted octanol–water partition coefficient (Wildman–Crippen LogP) is -1.35. The molecule has 6 heteroatoms. The molecule has 0 aromatic rings. The Morgan fingerprint density at radius 2 is 2.00 bits per heavy atom. The fourth-order valence-electron chi connectivity index (χ4n) is 1.77. The molecule has 0 radical (unpaired) electrons. The molecule has 2 aliphatic heterocycles. The first-order valence-electron chi connectivity index (χ1n) is 4.90. The molecule has 0 saturated carbocycles. The Bertz CT molecular complexity index is 293. The summed E-state index contributed by atoms with van der Waals surface area (Å²) >= 11 is 0. The Hall–Kier alpha value is -1.43. The summed E-state index contributed by atoms with van der Waals surface area (Å²) in [5.74, 6) is -1.12. The molecule has 0 aromatic carbocycles. The molecular formula is C9H12N2O4. The highest BCUT2D eigenvalue weighted by atomic mass is 16.5. The van der Waals surface area contributed by atoms with Gasteiger partial charge in [-0.3, -0.25) is 19.7 Å². The number of amides is 3. The minimum atomic E-state index is -0.469. The van der Waals surface area contributed by atoms with Gasteiger partial charge in [-0.05, 0) is 12.8 Å². The van der Waals surface area contributed by atoms with Crippen molar-refractivity contribution in [2.24, 2.45) is 0 Å². The molecule has 1 unspecified atom stereocenters. The quantitative estimate of drug-likeness (QED) is 0.545. The second-order valence-corrected chi connectivity index (χ2v) is 3.67. The van der Waals surface area contributed by atoms with Crippen molar-refractivity contribution in [2.45, 2.75) is 18.9 Å². The predicted molar refractivity (Wildman–Crippen MR) is 48.7 cm³/mol. The van der Waals surface area contributed by atoms with E-state index in [9.17, 15) is 14.4 Å². The second kappa shape index (κ2) is 3.98. The third-order valence-electron chi connectivity index (χ3n) is 2.46. The Kier molecular flexibility index (Phi) is 2.68. The summed E-state index contributed by atoms with van der Waals surface area (Å²) in [6.45, 7) is 0.471. The van der Waals surface area contributed by atoms with Crippen molar-refractivity contribution < 1.29 is 19.1 Å². The van der Waals surface area contributed by atoms with E-state index in [1.165, 1.54) is 4.90 Å². The van der Waals surface area contributed by atoms with Crippen molar-refractivity contribution in [3.8, 4) is 0 Å². The average Bonchev–Trinajstić information content (AvgIpc) is 2.67. The average molecular weight is 212 g/mol. The van der Waals surface area contributed by atoms with Crippen LogP contribution in [0.15, 0.2) is 0 Å². The number of rotatable bonds is 1. The van der Waals surface area contributed by atoms with E-state index in [1.807, 2.05) is 0 Å². The van der Waals surface area contributed by atoms with Crippen molar-refractivity contribution in [1.29, 1.82) is 0 Å². The van der Waals surface area contributed by atoms with Crippen molar-refractivity contribution in [3.05, 3.63) is 0 Å². The molecule has 2 aliphatic rings. The Morgan fingerprint density at radius 3 is 2.53 bits per heavy atom. The van der Waals surface area contributed by atoms with E-state index in [2.05, 4.69) is 5.32 Å². The molecule has 2 rings (SSSR count). The van der Waals surface area contributed by atoms with Crippen molar-refractivity contribution >= 4 is 17.7 Å². The highest BCUT2D eigenvalue weighted by molar-refractivity contribution is 6.03. The fraction of sp³-hybridized carbons (Fsp3) is 0.667. The van der Waals surface area contributed by atoms with E-state index < -0.39 is 17.9 Å². The van der Waals surface area contributed by atoms with Crippen LogP contribution in [-0.2, 0) is 19.1 Å². The lowest BCUT2D eigenvalue weighted by Crippen LogP contribution is -2.55. The first-order valence-corrected chi connectivity index (χ1v) is 4.90. The molecule has 3 amide bonds. The first-order chi connectivity index (χ1) is 7.16. The van der Waals surface area contributed by atoms with Crippen LogP contribution in [0.25, 0.3) is 0 Å². The van der Waals surface area contributed by atoms with Crippen LogP contribution in [0.3, 0.4) is 0 Å². The zero-order valence-corrected chi connectivity index (χ0v) is 8.19. The van der Waals surface area contributed by atoms with E-state index >= 15 is 0 Å². The molecule has 0 spiro atoms. The zero-order valence-electron chi connectivity index (χ0n) is 8.19. The molecule has 1 N–H and O–H groups in total. The number of nitrogens with zero attached hydrogens (tertiary/aromatic N) is 1. The van der Waals surface area contributed by atoms with Crippen LogP contribution >= 0.6 is 0 Å². The summed E-state index contributed by atoms with van der Waals surface area (Å²) in [4.78, 5) is 35.1. The number of imide groups is 1. The lowest BCUT2D eigenvalue weighted by molar-refractivity contribution is -0.150. The van der Waals surface area contributed by atoms with E-state index in [1.54, 1.807) is 0 Å². The third-order valence-corrected chi connectivity index (χ3v) is 2.46. The topological polar surface area (TPSA) is 75.7 Å². The Labute approximate surface area is 86.6 Å². The summed E-state index contributed by atoms with van der Waals surface area (Å²) in [7, 11) is 0. The lowest BCUT2D eigenvalue weighted by atomic mass is 10.2. The van der Waals surface area contributed by atoms with Gasteiger partial charge >= 0.3 is 0 Å². The maximum atomic E-state index is 11.8. The highest BCUT2D eigenvalue weighted by Crippen LogP contribution is 2.15. The number of hydrogen-bond donors (Lipinski definition) is 1. The largest absolute Gasteiger partial charge is 0.368 e. The first kappa shape index (κ1) is 10.1. The third kappa shape index (κ3) is 2.15. The summed E-state index contributed by atoms with van der Waals surface area (Å²) in [6, 6.07) is 0. The fourth-order valence-corrected chi connectivity index (χ4v) is 1.77. The van der Waals surface area contributed by atoms with Gasteiger partial charge in [-0.15, -0.1) is 0 Å². The van der Waals surface area contributed by atoms with Crippen LogP contribution in [0.5, 0.6) is 0 Å². The smallest absolute Gasteiger partial charge is 0.252 e. The molecule has 0 aliphatic carbocycles. The number of ether oxygens (including phenoxy) is 1. The number of nitrogens with one attached hydrogen (secondary N) is 1. The minimum absolute atomic E-state index is 0.0512. The van der Waals surface area contributed by atoms with Gasteiger partial charge in [0.1, 0.15) is 19.2 Å². The van der Waals surface area contributed by atoms with Crippen LogP contribution in [0.1, 0.15) is 12.8 Å². The molecule has 2 fully saturated rings. The number of hydrogen-bond acceptors (Lipinski definition) is 4. The SMILES string of the molecule is O=C1CN(C(=O)C2CCCO2)CC(=O)N1. The maximum Gasteiger partial charge on any atom is 0.252 e. The van der Waals surface area contributed by atoms with Gasteiger partial charge in [0.2, 0.25) is 11.8 Å². The van der Waals surface area contributed by atoms with E-state index in [-0.39, 0.29) is 19.0 Å². The second-order valence-electron chi connectivity index (χ2n) is 3.67. The zero-order chi connectivity index (χ0) is 10.8. The van der Waals surface area contributed by atoms with E-state index in [4.69, 9.17) is 4.74 Å². The van der Waals surface area contributed by atoms with Gasteiger partial charge in [-0.1, -0.05) is 0 Å². The molecule has 1 atom stereocenters. The van der Waals surface area contributed by atoms with Crippen LogP contribution in [0, 0.1) is 0 Å². The molecule has 0 aromatic heterocycles. The van der Waals surface area contributed by atoms with E-state index in [0.717, 1.165) is 6.42 Å². The van der Waals surface area contributed by atoms with Gasteiger partial charge in [-0.25, -0.2) is 0 Å². The van der Waals surface area contributed by atoms with Crippen molar-refractivity contribution in [2.75, 3.05) is 19.7 Å². The van der Waals surface area contributed by atoms with Gasteiger partial charge in [0, 0.05) is 6.61 Å². The van der Waals surface area contributed by atoms with Crippen LogP contribution in [0.2, 0.25) is 0 Å². The normalized spacial score (nSPS) is 26.7. The molecule has 82 valence electrons. The highest BCUT2D eigenvalue weighted by Gasteiger charge is 2.33. The minimum Gasteiger partial charge on any atom is -0.368 e. The van der Waals surface area contributed by atoms with Crippen molar-refractivity contribution in [3.63, 3.8) is 0 Å². The monoisotopic (exact) mass is 212 g/mol. The Balaban J connectivity index is 1.99. The van der Waals surface area contributed by atoms with Crippen molar-refractivity contribution in [1.82, 2.24) is 10.2 Å². The molecule has 15 heavy (non-hydrogen) atoms. The van der Waals surface area contributed by atoms with Gasteiger partial charge < -0.3 is 9.64 Å². The van der Waals surface area contributed by atoms with Gasteiger partial charge in [0.25, 0.3) is 5.91 Å². The van der Waals surface area contributed by atoms with Gasteiger partial charge in [0.15, 0.2) is 0 Å². The molecule has 6 nitrogen and oxygen atoms in total. The van der Waals surface area contributed by atoms with Gasteiger partial charge in [-0.2, -0.15) is 0 Å². The summed E-state index contributed by atoms with van der Waals surface area (Å²) in [5, 5.41) is 2.14. The summed E-state index contributed by atoms with van der Waals surface area (Å²) in [5.41, 5.74) is 0. The number of carbonyl (C=O) groups excluding carboxylic acids is 3. The molecule has 0 bridgehead atoms. The number of carbonyl (C=O) groups is 3. The molecular weight excluding hydrogens is 200 g/mol. The Morgan fingerprint density at radius 1 is 1.33 bits per heavy atom. The summed E-state index contributed by atoms with van der Waals surface area (Å²) in [6.07, 6.45) is 1.05. The summed E-state index contributed by atoms with van der Waals surface area (Å²) < 4.78 is 5.20. The van der Waals surface area contributed by atoms with Crippen LogP contribution < -0.4 is 5.32 Å². The number of piperazine rings is 1. The maximum absolute atomic E-state index is 11.8. The standard InChI is InChI=1S/C9H12N2O4/c12-7-4-11(5-8(13)10-7)9(14)6-2-1-3-15-6/h6H,1-5H2,(H,10,12,13). The van der Waals surface area contributed by atoms with Crippen LogP contribution in [0.4, 0.5) is 0 Å². The molecule has 2 saturated heterocycles. The van der Waals surface area contributed by atoms with E-state index in [0.29, 0.717) is 13.0 Å². The van der Waals surface area contributed by atoms with Gasteiger partial charge in [0.05, 0.1) is 0 Å². The lowest BCUT2D eigenvalue weighted by Gasteiger charge is -2.27. The van der Waals surface area contributed by atoms with Crippen LogP contribution in [-0.4, -0.2) is 48.4 Å².